The van der Waals surface area contributed by atoms with Crippen molar-refractivity contribution in [3.8, 4) is 34.4 Å². The van der Waals surface area contributed by atoms with E-state index in [1.54, 1.807) is 28.3 Å². The van der Waals surface area contributed by atoms with Crippen LogP contribution in [-0.4, -0.2) is 86.0 Å². The van der Waals surface area contributed by atoms with Gasteiger partial charge < -0.3 is 23.8 Å². The van der Waals surface area contributed by atoms with E-state index in [1.165, 1.54) is 31.6 Å². The quantitative estimate of drug-likeness (QED) is 0.254. The Bertz CT molecular complexity index is 1850. The van der Waals surface area contributed by atoms with Gasteiger partial charge in [-0.1, -0.05) is 18.2 Å². The Balaban J connectivity index is 1.24. The summed E-state index contributed by atoms with van der Waals surface area (Å²) in [6.45, 7) is 2.60. The van der Waals surface area contributed by atoms with Gasteiger partial charge in [0.25, 0.3) is 11.8 Å². The minimum Gasteiger partial charge on any atom is -0.494 e. The van der Waals surface area contributed by atoms with Crippen LogP contribution in [0.3, 0.4) is 0 Å². The van der Waals surface area contributed by atoms with Gasteiger partial charge >= 0.3 is 0 Å². The monoisotopic (exact) mass is 649 g/mol. The SMILES string of the molecule is COc1ccc(C(=O)N2CCCCN(C(=O)c3cnc(-c4ccccn4)nc3)CCn3ccnc3-c3cccc(c3)OCCC2)cc1F. The van der Waals surface area contributed by atoms with Gasteiger partial charge in [0.1, 0.15) is 17.3 Å². The molecule has 5 aromatic rings. The van der Waals surface area contributed by atoms with Crippen LogP contribution in [0.25, 0.3) is 22.9 Å². The van der Waals surface area contributed by atoms with E-state index < -0.39 is 5.82 Å². The summed E-state index contributed by atoms with van der Waals surface area (Å²) in [5.74, 6) is 0.903. The number of methoxy groups -OCH3 is 1. The molecule has 2 amide bonds. The highest BCUT2D eigenvalue weighted by molar-refractivity contribution is 5.94. The molecule has 0 radical (unpaired) electrons. The molecule has 0 fully saturated rings. The van der Waals surface area contributed by atoms with E-state index in [2.05, 4.69) is 19.9 Å². The zero-order valence-electron chi connectivity index (χ0n) is 26.7. The number of fused-ring (bicyclic) bond motifs is 4. The standard InChI is InChI=1S/C36H36FN7O4/c1-47-32-12-11-27(23-30(32)37)35(45)43-15-4-5-16-44(36(46)28-24-40-33(41-25-28)31-10-2-3-13-38-31)20-19-42-18-14-39-34(42)26-8-6-9-29(22-26)48-21-7-17-43/h2-3,6,8-14,18,22-25H,4-5,7,15-17,19-21H2,1H3. The maximum absolute atomic E-state index is 14.5. The average molecular weight is 650 g/mol. The first-order chi connectivity index (χ1) is 23.5. The minimum absolute atomic E-state index is 0.0783. The summed E-state index contributed by atoms with van der Waals surface area (Å²) in [5.41, 5.74) is 2.12. The molecule has 2 bridgehead atoms. The van der Waals surface area contributed by atoms with Gasteiger partial charge in [0.15, 0.2) is 17.4 Å². The van der Waals surface area contributed by atoms with Gasteiger partial charge in [0, 0.05) is 74.8 Å². The minimum atomic E-state index is -0.594. The van der Waals surface area contributed by atoms with Crippen molar-refractivity contribution in [2.24, 2.45) is 0 Å². The van der Waals surface area contributed by atoms with E-state index in [-0.39, 0.29) is 23.1 Å². The van der Waals surface area contributed by atoms with Crippen LogP contribution in [-0.2, 0) is 6.54 Å². The van der Waals surface area contributed by atoms with Crippen LogP contribution in [0.2, 0.25) is 0 Å². The van der Waals surface area contributed by atoms with Gasteiger partial charge in [-0.25, -0.2) is 19.3 Å². The van der Waals surface area contributed by atoms with E-state index in [9.17, 15) is 14.0 Å². The van der Waals surface area contributed by atoms with Crippen molar-refractivity contribution >= 4 is 11.8 Å². The maximum atomic E-state index is 14.5. The number of benzene rings is 2. The predicted molar refractivity (Wildman–Crippen MR) is 177 cm³/mol. The molecule has 12 heteroatoms. The van der Waals surface area contributed by atoms with Crippen molar-refractivity contribution in [3.05, 3.63) is 109 Å². The predicted octanol–water partition coefficient (Wildman–Crippen LogP) is 5.40. The fourth-order valence-corrected chi connectivity index (χ4v) is 5.61. The Hall–Kier alpha value is -5.65. The Morgan fingerprint density at radius 3 is 2.29 bits per heavy atom. The fourth-order valence-electron chi connectivity index (χ4n) is 5.61. The first-order valence-corrected chi connectivity index (χ1v) is 15.9. The van der Waals surface area contributed by atoms with Gasteiger partial charge in [0.2, 0.25) is 0 Å². The molecule has 0 saturated carbocycles. The maximum Gasteiger partial charge on any atom is 0.257 e. The Labute approximate surface area is 278 Å². The Morgan fingerprint density at radius 1 is 0.771 bits per heavy atom. The molecular weight excluding hydrogens is 613 g/mol. The number of nitrogens with zero attached hydrogens (tertiary/aromatic N) is 7. The molecule has 3 aromatic heterocycles. The number of carbonyl (C=O) groups is 2. The van der Waals surface area contributed by atoms with Gasteiger partial charge in [-0.3, -0.25) is 14.6 Å². The molecule has 0 N–H and O–H groups in total. The van der Waals surface area contributed by atoms with E-state index in [4.69, 9.17) is 9.47 Å². The molecule has 0 spiro atoms. The number of imidazole rings is 1. The van der Waals surface area contributed by atoms with Gasteiger partial charge in [0.05, 0.1) is 19.3 Å². The van der Waals surface area contributed by atoms with Crippen molar-refractivity contribution in [1.82, 2.24) is 34.3 Å². The third-order valence-corrected chi connectivity index (χ3v) is 8.13. The number of ether oxygens (including phenoxy) is 2. The second-order valence-electron chi connectivity index (χ2n) is 11.3. The number of rotatable bonds is 4. The molecule has 1 aliphatic rings. The van der Waals surface area contributed by atoms with Crippen molar-refractivity contribution in [2.75, 3.05) is 39.9 Å². The van der Waals surface area contributed by atoms with Crippen LogP contribution in [0.4, 0.5) is 4.39 Å². The first-order valence-electron chi connectivity index (χ1n) is 15.9. The lowest BCUT2D eigenvalue weighted by atomic mass is 10.1. The summed E-state index contributed by atoms with van der Waals surface area (Å²) in [4.78, 5) is 48.6. The topological polar surface area (TPSA) is 116 Å². The summed E-state index contributed by atoms with van der Waals surface area (Å²) in [6, 6.07) is 17.4. The number of halogens is 1. The lowest BCUT2D eigenvalue weighted by molar-refractivity contribution is 0.0713. The fraction of sp³-hybridized carbons (Fsp3) is 0.278. The van der Waals surface area contributed by atoms with Crippen LogP contribution in [0.5, 0.6) is 11.5 Å². The zero-order chi connectivity index (χ0) is 33.3. The number of aromatic nitrogens is 5. The number of hydrogen-bond acceptors (Lipinski definition) is 8. The molecule has 1 aliphatic heterocycles. The van der Waals surface area contributed by atoms with Crippen LogP contribution in [0.15, 0.2) is 91.6 Å². The lowest BCUT2D eigenvalue weighted by Gasteiger charge is -2.25. The molecule has 0 unspecified atom stereocenters. The molecule has 2 aromatic carbocycles. The summed E-state index contributed by atoms with van der Waals surface area (Å²) in [5, 5.41) is 0. The summed E-state index contributed by atoms with van der Waals surface area (Å²) in [6.07, 6.45) is 10.2. The molecule has 11 nitrogen and oxygen atoms in total. The number of carbonyl (C=O) groups excluding carboxylic acids is 2. The third kappa shape index (κ3) is 7.65. The van der Waals surface area contributed by atoms with Crippen molar-refractivity contribution in [1.29, 1.82) is 0 Å². The number of pyridine rings is 1. The van der Waals surface area contributed by atoms with Crippen molar-refractivity contribution in [3.63, 3.8) is 0 Å². The van der Waals surface area contributed by atoms with Gasteiger partial charge in [-0.05, 0) is 61.7 Å². The average Bonchev–Trinajstić information content (AvgIpc) is 3.60. The molecule has 246 valence electrons. The highest BCUT2D eigenvalue weighted by Gasteiger charge is 2.21. The van der Waals surface area contributed by atoms with E-state index >= 15 is 0 Å². The normalized spacial score (nSPS) is 14.4. The van der Waals surface area contributed by atoms with E-state index in [0.717, 1.165) is 11.4 Å². The molecule has 0 saturated heterocycles. The van der Waals surface area contributed by atoms with Crippen LogP contribution in [0.1, 0.15) is 40.0 Å². The van der Waals surface area contributed by atoms with Crippen molar-refractivity contribution < 1.29 is 23.5 Å². The summed E-state index contributed by atoms with van der Waals surface area (Å²) >= 11 is 0. The molecule has 4 heterocycles. The molecular formula is C36H36FN7O4. The Morgan fingerprint density at radius 2 is 1.54 bits per heavy atom. The Kier molecular flexibility index (Phi) is 10.3. The molecule has 0 atom stereocenters. The molecule has 6 rings (SSSR count). The molecule has 48 heavy (non-hydrogen) atoms. The van der Waals surface area contributed by atoms with Crippen molar-refractivity contribution in [2.45, 2.75) is 25.8 Å². The lowest BCUT2D eigenvalue weighted by Crippen LogP contribution is -2.36. The van der Waals surface area contributed by atoms with E-state index in [1.807, 2.05) is 53.2 Å². The van der Waals surface area contributed by atoms with Gasteiger partial charge in [-0.15, -0.1) is 0 Å². The number of hydrogen-bond donors (Lipinski definition) is 0. The summed E-state index contributed by atoms with van der Waals surface area (Å²) < 4.78 is 27.6. The van der Waals surface area contributed by atoms with Gasteiger partial charge in [-0.2, -0.15) is 0 Å². The second-order valence-corrected chi connectivity index (χ2v) is 11.3. The highest BCUT2D eigenvalue weighted by atomic mass is 19.1. The largest absolute Gasteiger partial charge is 0.494 e. The second kappa shape index (κ2) is 15.3. The summed E-state index contributed by atoms with van der Waals surface area (Å²) in [7, 11) is 1.38. The van der Waals surface area contributed by atoms with Crippen LogP contribution >= 0.6 is 0 Å². The molecule has 0 aliphatic carbocycles. The van der Waals surface area contributed by atoms with Crippen LogP contribution in [0, 0.1) is 5.82 Å². The first kappa shape index (κ1) is 32.3. The number of amides is 2. The smallest absolute Gasteiger partial charge is 0.257 e. The highest BCUT2D eigenvalue weighted by Crippen LogP contribution is 2.24. The third-order valence-electron chi connectivity index (χ3n) is 8.13. The zero-order valence-corrected chi connectivity index (χ0v) is 26.7. The van der Waals surface area contributed by atoms with Crippen LogP contribution < -0.4 is 9.47 Å². The van der Waals surface area contributed by atoms with E-state index in [0.29, 0.717) is 81.4 Å².